The van der Waals surface area contributed by atoms with Crippen LogP contribution in [0.4, 0.5) is 5.69 Å². The van der Waals surface area contributed by atoms with Crippen molar-refractivity contribution in [3.63, 3.8) is 0 Å². The molecule has 1 atom stereocenters. The number of carbonyl (C=O) groups is 4. The van der Waals surface area contributed by atoms with Gasteiger partial charge in [0, 0.05) is 38.4 Å². The van der Waals surface area contributed by atoms with Gasteiger partial charge in [0.05, 0.1) is 41.7 Å². The van der Waals surface area contributed by atoms with Crippen molar-refractivity contribution in [3.8, 4) is 0 Å². The van der Waals surface area contributed by atoms with E-state index in [0.717, 1.165) is 12.8 Å². The Morgan fingerprint density at radius 1 is 1.14 bits per heavy atom. The molecule has 3 aromatic rings. The Hall–Kier alpha value is -4.32. The van der Waals surface area contributed by atoms with Crippen molar-refractivity contribution in [1.29, 1.82) is 0 Å². The van der Waals surface area contributed by atoms with Crippen LogP contribution in [0.3, 0.4) is 0 Å². The fourth-order valence-corrected chi connectivity index (χ4v) is 4.98. The first-order valence-electron chi connectivity index (χ1n) is 12.2. The van der Waals surface area contributed by atoms with Gasteiger partial charge in [-0.3, -0.25) is 24.1 Å². The highest BCUT2D eigenvalue weighted by Gasteiger charge is 2.34. The monoisotopic (exact) mass is 504 g/mol. The highest BCUT2D eigenvalue weighted by atomic mass is 16.2. The van der Waals surface area contributed by atoms with E-state index < -0.39 is 5.91 Å². The third-order valence-electron chi connectivity index (χ3n) is 6.82. The molecule has 4 N–H and O–H groups in total. The third-order valence-corrected chi connectivity index (χ3v) is 6.82. The van der Waals surface area contributed by atoms with Crippen molar-refractivity contribution in [1.82, 2.24) is 29.7 Å². The van der Waals surface area contributed by atoms with Crippen LogP contribution >= 0.6 is 0 Å². The number of para-hydroxylation sites is 1. The third kappa shape index (κ3) is 5.28. The molecule has 0 aliphatic carbocycles. The van der Waals surface area contributed by atoms with E-state index in [4.69, 9.17) is 5.73 Å². The fraction of sp³-hybridized carbons (Fsp3) is 0.360. The van der Waals surface area contributed by atoms with Crippen molar-refractivity contribution in [2.24, 2.45) is 5.73 Å². The molecule has 0 spiro atoms. The second-order valence-electron chi connectivity index (χ2n) is 9.30. The van der Waals surface area contributed by atoms with E-state index in [1.807, 2.05) is 4.90 Å². The predicted octanol–water partition coefficient (Wildman–Crippen LogP) is 0.444. The predicted molar refractivity (Wildman–Crippen MR) is 135 cm³/mol. The van der Waals surface area contributed by atoms with Crippen molar-refractivity contribution < 1.29 is 19.2 Å². The maximum Gasteiger partial charge on any atom is 0.255 e. The molecule has 12 nitrogen and oxygen atoms in total. The number of benzene rings is 1. The number of piperazine rings is 1. The Labute approximate surface area is 212 Å². The van der Waals surface area contributed by atoms with Gasteiger partial charge in [-0.2, -0.15) is 0 Å². The average molecular weight is 505 g/mol. The lowest BCUT2D eigenvalue weighted by atomic mass is 10.0. The fourth-order valence-electron chi connectivity index (χ4n) is 4.98. The van der Waals surface area contributed by atoms with Crippen LogP contribution in [0.15, 0.2) is 42.9 Å². The summed E-state index contributed by atoms with van der Waals surface area (Å²) < 4.78 is 0. The quantitative estimate of drug-likeness (QED) is 0.440. The number of amides is 4. The number of nitrogens with one attached hydrogen (secondary N) is 2. The summed E-state index contributed by atoms with van der Waals surface area (Å²) in [6.45, 7) is 2.20. The van der Waals surface area contributed by atoms with Gasteiger partial charge in [0.2, 0.25) is 11.8 Å². The average Bonchev–Trinajstić information content (AvgIpc) is 3.36. The SMILES string of the molecule is NC(=O)c1ccccc1NC(=O)CN1CCN(C2CCCN(C(=O)c3cnc4nc[nH]c4c3)C2)C(=O)C1. The van der Waals surface area contributed by atoms with E-state index in [9.17, 15) is 19.2 Å². The lowest BCUT2D eigenvalue weighted by molar-refractivity contribution is -0.140. The van der Waals surface area contributed by atoms with Gasteiger partial charge in [0.15, 0.2) is 5.65 Å². The van der Waals surface area contributed by atoms with Crippen LogP contribution in [-0.4, -0.2) is 98.6 Å². The summed E-state index contributed by atoms with van der Waals surface area (Å²) in [6, 6.07) is 8.20. The van der Waals surface area contributed by atoms with Crippen molar-refractivity contribution in [2.75, 3.05) is 44.6 Å². The smallest absolute Gasteiger partial charge is 0.255 e. The Bertz CT molecular complexity index is 1360. The maximum absolute atomic E-state index is 13.1. The summed E-state index contributed by atoms with van der Waals surface area (Å²) in [5.41, 5.74) is 7.69. The Kier molecular flexibility index (Phi) is 6.82. The van der Waals surface area contributed by atoms with Gasteiger partial charge in [-0.1, -0.05) is 12.1 Å². The molecule has 2 aliphatic heterocycles. The minimum Gasteiger partial charge on any atom is -0.366 e. The molecular formula is C25H28N8O4. The largest absolute Gasteiger partial charge is 0.366 e. The van der Waals surface area contributed by atoms with Crippen LogP contribution in [0.1, 0.15) is 33.6 Å². The number of nitrogens with two attached hydrogens (primary N) is 1. The Morgan fingerprint density at radius 3 is 2.78 bits per heavy atom. The lowest BCUT2D eigenvalue weighted by Crippen LogP contribution is -2.59. The normalized spacial score (nSPS) is 18.7. The molecule has 2 aliphatic rings. The van der Waals surface area contributed by atoms with Crippen molar-refractivity contribution in [3.05, 3.63) is 54.0 Å². The van der Waals surface area contributed by atoms with Gasteiger partial charge < -0.3 is 25.8 Å². The second-order valence-corrected chi connectivity index (χ2v) is 9.30. The van der Waals surface area contributed by atoms with Crippen molar-refractivity contribution in [2.45, 2.75) is 18.9 Å². The number of rotatable bonds is 6. The second kappa shape index (κ2) is 10.3. The molecule has 0 bridgehead atoms. The summed E-state index contributed by atoms with van der Waals surface area (Å²) in [5, 5.41) is 2.71. The molecule has 192 valence electrons. The van der Waals surface area contributed by atoms with Crippen LogP contribution in [0.2, 0.25) is 0 Å². The van der Waals surface area contributed by atoms with E-state index in [1.54, 1.807) is 40.1 Å². The topological polar surface area (TPSA) is 158 Å². The number of hydrogen-bond acceptors (Lipinski definition) is 7. The highest BCUT2D eigenvalue weighted by Crippen LogP contribution is 2.21. The molecule has 0 saturated carbocycles. The number of primary amides is 1. The molecule has 4 amide bonds. The molecule has 12 heteroatoms. The number of aromatic amines is 1. The van der Waals surface area contributed by atoms with Crippen LogP contribution < -0.4 is 11.1 Å². The molecule has 5 rings (SSSR count). The molecule has 0 radical (unpaired) electrons. The van der Waals surface area contributed by atoms with Gasteiger partial charge >= 0.3 is 0 Å². The molecule has 1 unspecified atom stereocenters. The molecule has 2 fully saturated rings. The number of nitrogens with zero attached hydrogens (tertiary/aromatic N) is 5. The molecule has 2 aromatic heterocycles. The molecule has 37 heavy (non-hydrogen) atoms. The summed E-state index contributed by atoms with van der Waals surface area (Å²) in [4.78, 5) is 67.0. The summed E-state index contributed by atoms with van der Waals surface area (Å²) in [6.07, 6.45) is 4.69. The van der Waals surface area contributed by atoms with E-state index in [1.165, 1.54) is 12.5 Å². The number of anilines is 1. The zero-order valence-corrected chi connectivity index (χ0v) is 20.2. The van der Waals surface area contributed by atoms with E-state index in [0.29, 0.717) is 48.6 Å². The molecule has 2 saturated heterocycles. The van der Waals surface area contributed by atoms with Crippen LogP contribution in [-0.2, 0) is 9.59 Å². The van der Waals surface area contributed by atoms with Crippen LogP contribution in [0.5, 0.6) is 0 Å². The van der Waals surface area contributed by atoms with E-state index in [2.05, 4.69) is 20.3 Å². The first-order chi connectivity index (χ1) is 17.9. The number of piperidine rings is 1. The molecular weight excluding hydrogens is 476 g/mol. The standard InChI is InChI=1S/C25H28N8O4/c26-23(36)18-5-1-2-6-19(18)30-21(34)13-31-8-9-33(22(35)14-31)17-4-3-7-32(12-17)25(37)16-10-20-24(27-11-16)29-15-28-20/h1-2,5-6,10-11,15,17H,3-4,7-9,12-14H2,(H2,26,36)(H,30,34)(H,27,28,29). The number of likely N-dealkylation sites (tertiary alicyclic amines) is 1. The maximum atomic E-state index is 13.1. The number of H-pyrrole nitrogens is 1. The first kappa shape index (κ1) is 24.4. The zero-order chi connectivity index (χ0) is 25.9. The summed E-state index contributed by atoms with van der Waals surface area (Å²) >= 11 is 0. The Balaban J connectivity index is 1.16. The number of imidazole rings is 1. The van der Waals surface area contributed by atoms with Crippen LogP contribution in [0, 0.1) is 0 Å². The molecule has 1 aromatic carbocycles. The van der Waals surface area contributed by atoms with Gasteiger partial charge in [-0.05, 0) is 31.0 Å². The van der Waals surface area contributed by atoms with E-state index in [-0.39, 0.29) is 42.4 Å². The minimum atomic E-state index is -0.627. The lowest BCUT2D eigenvalue weighted by Gasteiger charge is -2.43. The van der Waals surface area contributed by atoms with Gasteiger partial charge in [0.25, 0.3) is 11.8 Å². The van der Waals surface area contributed by atoms with Gasteiger partial charge in [-0.15, -0.1) is 0 Å². The number of aromatic nitrogens is 3. The number of carbonyl (C=O) groups excluding carboxylic acids is 4. The van der Waals surface area contributed by atoms with E-state index >= 15 is 0 Å². The number of pyridine rings is 1. The van der Waals surface area contributed by atoms with Crippen molar-refractivity contribution >= 4 is 40.5 Å². The van der Waals surface area contributed by atoms with Gasteiger partial charge in [-0.25, -0.2) is 9.97 Å². The van der Waals surface area contributed by atoms with Gasteiger partial charge in [0.1, 0.15) is 0 Å². The van der Waals surface area contributed by atoms with Crippen LogP contribution in [0.25, 0.3) is 11.2 Å². The summed E-state index contributed by atoms with van der Waals surface area (Å²) in [5.74, 6) is -1.14. The first-order valence-corrected chi connectivity index (χ1v) is 12.2. The Morgan fingerprint density at radius 2 is 1.97 bits per heavy atom. The molecule has 4 heterocycles. The number of fused-ring (bicyclic) bond motifs is 1. The number of hydrogen-bond donors (Lipinski definition) is 3. The highest BCUT2D eigenvalue weighted by molar-refractivity contribution is 6.03. The summed E-state index contributed by atoms with van der Waals surface area (Å²) in [7, 11) is 0. The minimum absolute atomic E-state index is 0.0189. The zero-order valence-electron chi connectivity index (χ0n) is 20.2.